The fourth-order valence-electron chi connectivity index (χ4n) is 3.18. The fraction of sp³-hybridized carbons (Fsp3) is 0.350. The van der Waals surface area contributed by atoms with E-state index in [4.69, 9.17) is 4.74 Å². The first-order valence-corrected chi connectivity index (χ1v) is 8.76. The highest BCUT2D eigenvalue weighted by Crippen LogP contribution is 2.31. The number of carbonyl (C=O) groups excluding carboxylic acids is 1. The number of para-hydroxylation sites is 2. The summed E-state index contributed by atoms with van der Waals surface area (Å²) in [6, 6.07) is 12.3. The summed E-state index contributed by atoms with van der Waals surface area (Å²) >= 11 is 0. The molecule has 2 aromatic carbocycles. The van der Waals surface area contributed by atoms with Crippen molar-refractivity contribution in [3.63, 3.8) is 0 Å². The lowest BCUT2D eigenvalue weighted by molar-refractivity contribution is -0.385. The first kappa shape index (κ1) is 17.9. The number of amides is 1. The van der Waals surface area contributed by atoms with Gasteiger partial charge < -0.3 is 9.64 Å². The van der Waals surface area contributed by atoms with Crippen molar-refractivity contribution in [2.45, 2.75) is 32.6 Å². The van der Waals surface area contributed by atoms with Crippen molar-refractivity contribution in [1.29, 1.82) is 0 Å². The van der Waals surface area contributed by atoms with Crippen LogP contribution in [-0.4, -0.2) is 24.0 Å². The maximum absolute atomic E-state index is 12.7. The predicted octanol–water partition coefficient (Wildman–Crippen LogP) is 4.08. The van der Waals surface area contributed by atoms with E-state index in [1.807, 2.05) is 6.07 Å². The number of nitro benzene ring substituents is 1. The predicted molar refractivity (Wildman–Crippen MR) is 99.8 cm³/mol. The molecule has 0 unspecified atom stereocenters. The number of nitro groups is 1. The van der Waals surface area contributed by atoms with Crippen molar-refractivity contribution >= 4 is 17.3 Å². The number of fused-ring (bicyclic) bond motifs is 1. The molecule has 0 aromatic heterocycles. The van der Waals surface area contributed by atoms with Crippen molar-refractivity contribution in [3.05, 3.63) is 63.7 Å². The Balaban J connectivity index is 1.75. The van der Waals surface area contributed by atoms with E-state index in [0.717, 1.165) is 18.5 Å². The number of hydrogen-bond acceptors (Lipinski definition) is 4. The Kier molecular flexibility index (Phi) is 5.21. The van der Waals surface area contributed by atoms with E-state index in [0.29, 0.717) is 12.5 Å². The molecule has 0 bridgehead atoms. The number of ether oxygens (including phenoxy) is 1. The van der Waals surface area contributed by atoms with Crippen LogP contribution in [0.4, 0.5) is 11.4 Å². The van der Waals surface area contributed by atoms with Crippen LogP contribution in [0, 0.1) is 10.1 Å². The number of nitrogens with zero attached hydrogens (tertiary/aromatic N) is 2. The molecule has 1 amide bonds. The van der Waals surface area contributed by atoms with Gasteiger partial charge in [0.25, 0.3) is 5.91 Å². The van der Waals surface area contributed by atoms with Crippen molar-refractivity contribution in [2.75, 3.05) is 18.1 Å². The third-order valence-electron chi connectivity index (χ3n) is 4.60. The summed E-state index contributed by atoms with van der Waals surface area (Å²) in [5, 5.41) is 11.0. The van der Waals surface area contributed by atoms with Gasteiger partial charge in [0.2, 0.25) is 0 Å². The van der Waals surface area contributed by atoms with Gasteiger partial charge in [-0.1, -0.05) is 38.1 Å². The standard InChI is InChI=1S/C20H22N2O4/c1-14(2)15-9-10-17-16(12-15)6-5-11-21(17)20(23)13-26-19-8-4-3-7-18(19)22(24)25/h3-4,7-10,12,14H,5-6,11,13H2,1-2H3. The normalized spacial score (nSPS) is 13.4. The van der Waals surface area contributed by atoms with Crippen LogP contribution in [0.3, 0.4) is 0 Å². The van der Waals surface area contributed by atoms with Gasteiger partial charge in [-0.15, -0.1) is 0 Å². The Morgan fingerprint density at radius 1 is 1.27 bits per heavy atom. The Bertz CT molecular complexity index is 832. The minimum absolute atomic E-state index is 0.109. The second-order valence-electron chi connectivity index (χ2n) is 6.71. The number of anilines is 1. The van der Waals surface area contributed by atoms with E-state index in [1.165, 1.54) is 23.3 Å². The Labute approximate surface area is 152 Å². The molecule has 0 radical (unpaired) electrons. The summed E-state index contributed by atoms with van der Waals surface area (Å²) in [5.41, 5.74) is 3.20. The summed E-state index contributed by atoms with van der Waals surface area (Å²) in [6.45, 7) is 4.70. The molecule has 0 N–H and O–H groups in total. The molecule has 1 heterocycles. The van der Waals surface area contributed by atoms with E-state index >= 15 is 0 Å². The van der Waals surface area contributed by atoms with Crippen LogP contribution in [-0.2, 0) is 11.2 Å². The summed E-state index contributed by atoms with van der Waals surface area (Å²) in [4.78, 5) is 24.9. The van der Waals surface area contributed by atoms with E-state index in [2.05, 4.69) is 26.0 Å². The number of benzene rings is 2. The van der Waals surface area contributed by atoms with Gasteiger partial charge in [-0.2, -0.15) is 0 Å². The van der Waals surface area contributed by atoms with E-state index < -0.39 is 4.92 Å². The molecule has 136 valence electrons. The van der Waals surface area contributed by atoms with Crippen LogP contribution in [0.25, 0.3) is 0 Å². The molecule has 0 spiro atoms. The smallest absolute Gasteiger partial charge is 0.310 e. The molecule has 6 nitrogen and oxygen atoms in total. The van der Waals surface area contributed by atoms with Gasteiger partial charge in [0.05, 0.1) is 4.92 Å². The molecule has 0 atom stereocenters. The lowest BCUT2D eigenvalue weighted by Crippen LogP contribution is -2.38. The zero-order valence-corrected chi connectivity index (χ0v) is 15.0. The molecule has 6 heteroatoms. The molecular weight excluding hydrogens is 332 g/mol. The minimum atomic E-state index is -0.510. The molecule has 3 rings (SSSR count). The fourth-order valence-corrected chi connectivity index (χ4v) is 3.18. The highest BCUT2D eigenvalue weighted by molar-refractivity contribution is 5.95. The number of carbonyl (C=O) groups is 1. The maximum atomic E-state index is 12.7. The van der Waals surface area contributed by atoms with Crippen molar-refractivity contribution < 1.29 is 14.5 Å². The van der Waals surface area contributed by atoms with E-state index in [-0.39, 0.29) is 24.0 Å². The third-order valence-corrected chi connectivity index (χ3v) is 4.60. The highest BCUT2D eigenvalue weighted by Gasteiger charge is 2.24. The first-order valence-electron chi connectivity index (χ1n) is 8.76. The van der Waals surface area contributed by atoms with Crippen molar-refractivity contribution in [2.24, 2.45) is 0 Å². The zero-order valence-electron chi connectivity index (χ0n) is 15.0. The van der Waals surface area contributed by atoms with Crippen LogP contribution in [0.15, 0.2) is 42.5 Å². The van der Waals surface area contributed by atoms with E-state index in [1.54, 1.807) is 17.0 Å². The monoisotopic (exact) mass is 354 g/mol. The van der Waals surface area contributed by atoms with Gasteiger partial charge in [0, 0.05) is 18.3 Å². The number of aryl methyl sites for hydroxylation is 1. The Morgan fingerprint density at radius 3 is 2.77 bits per heavy atom. The third kappa shape index (κ3) is 3.69. The first-order chi connectivity index (χ1) is 12.5. The van der Waals surface area contributed by atoms with Crippen molar-refractivity contribution in [1.82, 2.24) is 0 Å². The second-order valence-corrected chi connectivity index (χ2v) is 6.71. The van der Waals surface area contributed by atoms with Gasteiger partial charge in [0.1, 0.15) is 0 Å². The largest absolute Gasteiger partial charge is 0.477 e. The van der Waals surface area contributed by atoms with Crippen LogP contribution in [0.2, 0.25) is 0 Å². The van der Waals surface area contributed by atoms with E-state index in [9.17, 15) is 14.9 Å². The Hall–Kier alpha value is -2.89. The van der Waals surface area contributed by atoms with Gasteiger partial charge >= 0.3 is 5.69 Å². The molecular formula is C20H22N2O4. The molecule has 2 aromatic rings. The summed E-state index contributed by atoms with van der Waals surface area (Å²) in [5.74, 6) is 0.355. The molecule has 0 saturated heterocycles. The zero-order chi connectivity index (χ0) is 18.7. The topological polar surface area (TPSA) is 72.7 Å². The maximum Gasteiger partial charge on any atom is 0.310 e. The average Bonchev–Trinajstić information content (AvgIpc) is 2.65. The molecule has 1 aliphatic rings. The van der Waals surface area contributed by atoms with Crippen LogP contribution >= 0.6 is 0 Å². The van der Waals surface area contributed by atoms with Gasteiger partial charge in [0.15, 0.2) is 12.4 Å². The molecule has 0 aliphatic carbocycles. The van der Waals surface area contributed by atoms with Crippen LogP contribution < -0.4 is 9.64 Å². The minimum Gasteiger partial charge on any atom is -0.477 e. The average molecular weight is 354 g/mol. The lowest BCUT2D eigenvalue weighted by Gasteiger charge is -2.30. The number of hydrogen-bond donors (Lipinski definition) is 0. The molecule has 0 fully saturated rings. The van der Waals surface area contributed by atoms with Gasteiger partial charge in [-0.3, -0.25) is 14.9 Å². The highest BCUT2D eigenvalue weighted by atomic mass is 16.6. The summed E-state index contributed by atoms with van der Waals surface area (Å²) in [6.07, 6.45) is 1.84. The number of rotatable bonds is 5. The quantitative estimate of drug-likeness (QED) is 0.599. The second kappa shape index (κ2) is 7.56. The SMILES string of the molecule is CC(C)c1ccc2c(c1)CCCN2C(=O)COc1ccccc1[N+](=O)[O-]. The molecule has 0 saturated carbocycles. The summed E-state index contributed by atoms with van der Waals surface area (Å²) in [7, 11) is 0. The lowest BCUT2D eigenvalue weighted by atomic mass is 9.95. The van der Waals surface area contributed by atoms with Gasteiger partial charge in [-0.05, 0) is 42.0 Å². The summed E-state index contributed by atoms with van der Waals surface area (Å²) < 4.78 is 5.46. The molecule has 1 aliphatic heterocycles. The van der Waals surface area contributed by atoms with Gasteiger partial charge in [-0.25, -0.2) is 0 Å². The van der Waals surface area contributed by atoms with Crippen molar-refractivity contribution in [3.8, 4) is 5.75 Å². The van der Waals surface area contributed by atoms with Crippen LogP contribution in [0.1, 0.15) is 37.3 Å². The van der Waals surface area contributed by atoms with Crippen LogP contribution in [0.5, 0.6) is 5.75 Å². The molecule has 26 heavy (non-hydrogen) atoms. The Morgan fingerprint density at radius 2 is 2.04 bits per heavy atom.